The van der Waals surface area contributed by atoms with E-state index in [0.29, 0.717) is 18.8 Å². The van der Waals surface area contributed by atoms with Crippen LogP contribution in [-0.4, -0.2) is 54.0 Å². The molecule has 1 saturated heterocycles. The van der Waals surface area contributed by atoms with E-state index < -0.39 is 0 Å². The fraction of sp³-hybridized carbons (Fsp3) is 0.267. The first-order valence-corrected chi connectivity index (χ1v) is 12.3. The second-order valence-corrected chi connectivity index (χ2v) is 9.35. The van der Waals surface area contributed by atoms with Crippen molar-refractivity contribution in [2.24, 2.45) is 0 Å². The van der Waals surface area contributed by atoms with Gasteiger partial charge in [0.05, 0.1) is 13.4 Å². The zero-order valence-corrected chi connectivity index (χ0v) is 21.0. The molecule has 6 heteroatoms. The first-order valence-electron chi connectivity index (χ1n) is 12.3. The van der Waals surface area contributed by atoms with Gasteiger partial charge in [0.25, 0.3) is 0 Å². The molecule has 3 heterocycles. The number of carbonyl (C=O) groups excluding carboxylic acids is 1. The second-order valence-electron chi connectivity index (χ2n) is 9.35. The minimum atomic E-state index is 0.0293. The van der Waals surface area contributed by atoms with Gasteiger partial charge >= 0.3 is 0 Å². The van der Waals surface area contributed by atoms with Crippen LogP contribution in [0.4, 0.5) is 0 Å². The summed E-state index contributed by atoms with van der Waals surface area (Å²) in [5, 5.41) is 0.999. The van der Waals surface area contributed by atoms with Crippen molar-refractivity contribution < 1.29 is 13.9 Å². The molecule has 36 heavy (non-hydrogen) atoms. The van der Waals surface area contributed by atoms with Gasteiger partial charge in [0.1, 0.15) is 11.3 Å². The van der Waals surface area contributed by atoms with Crippen molar-refractivity contribution in [3.05, 3.63) is 90.0 Å². The first-order chi connectivity index (χ1) is 17.5. The zero-order chi connectivity index (χ0) is 25.1. The summed E-state index contributed by atoms with van der Waals surface area (Å²) in [5.74, 6) is 0.719. The predicted octanol–water partition coefficient (Wildman–Crippen LogP) is 5.56. The molecule has 0 bridgehead atoms. The van der Waals surface area contributed by atoms with Gasteiger partial charge in [-0.3, -0.25) is 14.7 Å². The Balaban J connectivity index is 1.34. The summed E-state index contributed by atoms with van der Waals surface area (Å²) < 4.78 is 11.5. The minimum absolute atomic E-state index is 0.0293. The molecule has 2 aromatic heterocycles. The minimum Gasteiger partial charge on any atom is -0.496 e. The van der Waals surface area contributed by atoms with Crippen LogP contribution in [-0.2, 0) is 11.3 Å². The van der Waals surface area contributed by atoms with Gasteiger partial charge in [-0.2, -0.15) is 0 Å². The Morgan fingerprint density at radius 1 is 1.11 bits per heavy atom. The number of rotatable bonds is 6. The Bertz CT molecular complexity index is 1380. The summed E-state index contributed by atoms with van der Waals surface area (Å²) in [6.45, 7) is 8.00. The largest absolute Gasteiger partial charge is 0.496 e. The number of aromatic nitrogens is 1. The molecule has 4 aromatic rings. The number of methoxy groups -OCH3 is 1. The van der Waals surface area contributed by atoms with Gasteiger partial charge in [0, 0.05) is 73.8 Å². The van der Waals surface area contributed by atoms with E-state index >= 15 is 0 Å². The summed E-state index contributed by atoms with van der Waals surface area (Å²) in [6, 6.07) is 16.4. The molecule has 6 nitrogen and oxygen atoms in total. The zero-order valence-electron chi connectivity index (χ0n) is 21.0. The van der Waals surface area contributed by atoms with E-state index in [1.54, 1.807) is 25.6 Å². The van der Waals surface area contributed by atoms with E-state index in [9.17, 15) is 4.79 Å². The average molecular weight is 482 g/mol. The smallest absolute Gasteiger partial charge is 0.246 e. The van der Waals surface area contributed by atoms with Crippen LogP contribution in [0, 0.1) is 6.92 Å². The van der Waals surface area contributed by atoms with Crippen molar-refractivity contribution in [3.8, 4) is 16.9 Å². The van der Waals surface area contributed by atoms with E-state index in [1.165, 1.54) is 11.1 Å². The van der Waals surface area contributed by atoms with Crippen molar-refractivity contribution >= 4 is 22.4 Å². The number of pyridine rings is 1. The highest BCUT2D eigenvalue weighted by Crippen LogP contribution is 2.37. The molecule has 0 radical (unpaired) electrons. The Morgan fingerprint density at radius 3 is 2.58 bits per heavy atom. The molecule has 1 amide bonds. The van der Waals surface area contributed by atoms with Gasteiger partial charge in [-0.15, -0.1) is 0 Å². The van der Waals surface area contributed by atoms with Gasteiger partial charge in [0.2, 0.25) is 5.91 Å². The van der Waals surface area contributed by atoms with Gasteiger partial charge in [-0.1, -0.05) is 35.9 Å². The van der Waals surface area contributed by atoms with Crippen LogP contribution in [0.15, 0.2) is 77.7 Å². The summed E-state index contributed by atoms with van der Waals surface area (Å²) in [5.41, 5.74) is 7.05. The maximum absolute atomic E-state index is 13.1. The average Bonchev–Trinajstić information content (AvgIpc) is 3.32. The molecule has 0 aliphatic carbocycles. The Hall–Kier alpha value is -3.90. The molecule has 0 spiro atoms. The SMILES string of the molecule is COc1cc2occ(-c3ccc(C)cc3)c2cc1/C(C)=C/C(=O)N1CCN(Cc2cccnc2)CC1. The van der Waals surface area contributed by atoms with Gasteiger partial charge in [0.15, 0.2) is 0 Å². The van der Waals surface area contributed by atoms with Crippen LogP contribution in [0.5, 0.6) is 5.75 Å². The maximum Gasteiger partial charge on any atom is 0.246 e. The lowest BCUT2D eigenvalue weighted by atomic mass is 9.98. The molecule has 5 rings (SSSR count). The van der Waals surface area contributed by atoms with Gasteiger partial charge in [-0.05, 0) is 42.7 Å². The van der Waals surface area contributed by atoms with Crippen LogP contribution in [0.1, 0.15) is 23.6 Å². The van der Waals surface area contributed by atoms with E-state index in [0.717, 1.165) is 52.9 Å². The van der Waals surface area contributed by atoms with E-state index in [-0.39, 0.29) is 5.91 Å². The highest BCUT2D eigenvalue weighted by Gasteiger charge is 2.21. The van der Waals surface area contributed by atoms with E-state index in [2.05, 4.69) is 53.2 Å². The van der Waals surface area contributed by atoms with Crippen molar-refractivity contribution in [1.82, 2.24) is 14.8 Å². The fourth-order valence-electron chi connectivity index (χ4n) is 4.72. The number of fused-ring (bicyclic) bond motifs is 1. The first kappa shape index (κ1) is 23.8. The van der Waals surface area contributed by atoms with Crippen molar-refractivity contribution in [3.63, 3.8) is 0 Å². The topological polar surface area (TPSA) is 58.8 Å². The molecule has 0 atom stereocenters. The molecular weight excluding hydrogens is 450 g/mol. The molecule has 1 aliphatic rings. The van der Waals surface area contributed by atoms with Gasteiger partial charge < -0.3 is 14.1 Å². The number of benzene rings is 2. The third-order valence-corrected chi connectivity index (χ3v) is 6.84. The quantitative estimate of drug-likeness (QED) is 0.338. The second kappa shape index (κ2) is 10.4. The molecule has 1 fully saturated rings. The number of piperazine rings is 1. The van der Waals surface area contributed by atoms with E-state index in [4.69, 9.17) is 9.15 Å². The number of nitrogens with zero attached hydrogens (tertiary/aromatic N) is 3. The highest BCUT2D eigenvalue weighted by atomic mass is 16.5. The number of furan rings is 1. The molecule has 0 unspecified atom stereocenters. The Kier molecular flexibility index (Phi) is 6.87. The lowest BCUT2D eigenvalue weighted by Crippen LogP contribution is -2.47. The number of amides is 1. The predicted molar refractivity (Wildman–Crippen MR) is 143 cm³/mol. The van der Waals surface area contributed by atoms with Crippen LogP contribution in [0.3, 0.4) is 0 Å². The number of aryl methyl sites for hydroxylation is 1. The summed E-state index contributed by atoms with van der Waals surface area (Å²) >= 11 is 0. The lowest BCUT2D eigenvalue weighted by molar-refractivity contribution is -0.127. The van der Waals surface area contributed by atoms with Crippen LogP contribution in [0.25, 0.3) is 27.7 Å². The molecule has 2 aromatic carbocycles. The van der Waals surface area contributed by atoms with Crippen molar-refractivity contribution in [2.45, 2.75) is 20.4 Å². The van der Waals surface area contributed by atoms with Crippen LogP contribution in [0.2, 0.25) is 0 Å². The van der Waals surface area contributed by atoms with E-state index in [1.807, 2.05) is 30.2 Å². The number of hydrogen-bond acceptors (Lipinski definition) is 5. The Labute approximate surface area is 211 Å². The molecular formula is C30H31N3O3. The molecule has 0 N–H and O–H groups in total. The van der Waals surface area contributed by atoms with Crippen molar-refractivity contribution in [2.75, 3.05) is 33.3 Å². The highest BCUT2D eigenvalue weighted by molar-refractivity contribution is 6.00. The number of hydrogen-bond donors (Lipinski definition) is 0. The monoisotopic (exact) mass is 481 g/mol. The Morgan fingerprint density at radius 2 is 1.89 bits per heavy atom. The number of ether oxygens (including phenoxy) is 1. The number of allylic oxidation sites excluding steroid dienone is 1. The normalized spacial score (nSPS) is 14.9. The standard InChI is InChI=1S/C30H31N3O3/c1-21-6-8-24(9-7-21)27-20-36-29-17-28(35-3)25(16-26(27)29)22(2)15-30(34)33-13-11-32(12-14-33)19-23-5-4-10-31-18-23/h4-10,15-18,20H,11-14,19H2,1-3H3/b22-15+. The lowest BCUT2D eigenvalue weighted by Gasteiger charge is -2.34. The summed E-state index contributed by atoms with van der Waals surface area (Å²) in [7, 11) is 1.64. The summed E-state index contributed by atoms with van der Waals surface area (Å²) in [4.78, 5) is 21.6. The fourth-order valence-corrected chi connectivity index (χ4v) is 4.72. The van der Waals surface area contributed by atoms with Crippen LogP contribution < -0.4 is 4.74 Å². The van der Waals surface area contributed by atoms with Gasteiger partial charge in [-0.25, -0.2) is 0 Å². The molecule has 0 saturated carbocycles. The third-order valence-electron chi connectivity index (χ3n) is 6.84. The summed E-state index contributed by atoms with van der Waals surface area (Å²) in [6.07, 6.45) is 7.20. The van der Waals surface area contributed by atoms with Crippen LogP contribution >= 0.6 is 0 Å². The molecule has 1 aliphatic heterocycles. The van der Waals surface area contributed by atoms with Crippen molar-refractivity contribution in [1.29, 1.82) is 0 Å². The molecule has 184 valence electrons. The maximum atomic E-state index is 13.1. The third kappa shape index (κ3) is 5.04. The number of carbonyl (C=O) groups is 1.